The predicted octanol–water partition coefficient (Wildman–Crippen LogP) is 4.88. The fourth-order valence-corrected chi connectivity index (χ4v) is 2.31. The average Bonchev–Trinajstić information content (AvgIpc) is 2.48. The van der Waals surface area contributed by atoms with Gasteiger partial charge in [0.05, 0.1) is 12.2 Å². The second kappa shape index (κ2) is 7.84. The third-order valence-corrected chi connectivity index (χ3v) is 3.67. The normalized spacial score (nSPS) is 10.2. The lowest BCUT2D eigenvalue weighted by molar-refractivity contribution is 0.102. The Bertz CT molecular complexity index is 613. The van der Waals surface area contributed by atoms with Crippen molar-refractivity contribution in [1.29, 1.82) is 0 Å². The fraction of sp³-hybridized carbons (Fsp3) is 0.235. The van der Waals surface area contributed by atoms with Gasteiger partial charge >= 0.3 is 0 Å². The maximum atomic E-state index is 12.2. The molecule has 0 atom stereocenters. The van der Waals surface area contributed by atoms with Gasteiger partial charge in [0.1, 0.15) is 5.75 Å². The Kier molecular flexibility index (Phi) is 5.81. The molecule has 2 rings (SSSR count). The molecule has 0 spiro atoms. The molecule has 2 aromatic carbocycles. The van der Waals surface area contributed by atoms with E-state index in [4.69, 9.17) is 4.74 Å². The van der Waals surface area contributed by atoms with Crippen LogP contribution in [0.2, 0.25) is 0 Å². The summed E-state index contributed by atoms with van der Waals surface area (Å²) in [4.78, 5) is 12.2. The molecule has 0 aliphatic carbocycles. The minimum atomic E-state index is -0.145. The van der Waals surface area contributed by atoms with E-state index in [-0.39, 0.29) is 5.91 Å². The van der Waals surface area contributed by atoms with Crippen LogP contribution in [0.25, 0.3) is 0 Å². The third-order valence-electron chi connectivity index (χ3n) is 2.98. The predicted molar refractivity (Wildman–Crippen MR) is 88.9 cm³/mol. The zero-order valence-electron chi connectivity index (χ0n) is 11.9. The summed E-state index contributed by atoms with van der Waals surface area (Å²) in [5.41, 5.74) is 1.33. The smallest absolute Gasteiger partial charge is 0.256 e. The number of anilines is 1. The van der Waals surface area contributed by atoms with Crippen LogP contribution >= 0.6 is 15.9 Å². The van der Waals surface area contributed by atoms with Gasteiger partial charge < -0.3 is 10.1 Å². The van der Waals surface area contributed by atoms with Crippen molar-refractivity contribution < 1.29 is 9.53 Å². The Morgan fingerprint density at radius 2 is 2.00 bits per heavy atom. The van der Waals surface area contributed by atoms with E-state index in [1.54, 1.807) is 6.07 Å². The van der Waals surface area contributed by atoms with Crippen molar-refractivity contribution in [3.05, 3.63) is 58.6 Å². The van der Waals surface area contributed by atoms with Crippen LogP contribution in [0.3, 0.4) is 0 Å². The molecule has 0 heterocycles. The monoisotopic (exact) mass is 347 g/mol. The van der Waals surface area contributed by atoms with Crippen molar-refractivity contribution in [3.8, 4) is 5.75 Å². The van der Waals surface area contributed by atoms with Gasteiger partial charge in [0, 0.05) is 16.2 Å². The fourth-order valence-electron chi connectivity index (χ4n) is 1.84. The highest BCUT2D eigenvalue weighted by Gasteiger charge is 2.09. The highest BCUT2D eigenvalue weighted by Crippen LogP contribution is 2.21. The van der Waals surface area contributed by atoms with E-state index in [1.165, 1.54) is 0 Å². The number of ether oxygens (including phenoxy) is 1. The minimum absolute atomic E-state index is 0.145. The zero-order valence-corrected chi connectivity index (χ0v) is 13.5. The number of unbranched alkanes of at least 4 members (excludes halogenated alkanes) is 1. The summed E-state index contributed by atoms with van der Waals surface area (Å²) in [5, 5.41) is 2.88. The van der Waals surface area contributed by atoms with Gasteiger partial charge in [-0.05, 0) is 46.6 Å². The number of amides is 1. The molecule has 0 fully saturated rings. The van der Waals surface area contributed by atoms with Gasteiger partial charge in [-0.2, -0.15) is 0 Å². The van der Waals surface area contributed by atoms with Crippen LogP contribution in [-0.4, -0.2) is 12.5 Å². The van der Waals surface area contributed by atoms with Crippen LogP contribution in [0.15, 0.2) is 53.0 Å². The number of nitrogens with one attached hydrogen (secondary N) is 1. The summed E-state index contributed by atoms with van der Waals surface area (Å²) in [6.45, 7) is 2.82. The molecule has 1 amide bonds. The van der Waals surface area contributed by atoms with Crippen LogP contribution in [0, 0.1) is 0 Å². The molecule has 0 aliphatic rings. The summed E-state index contributed by atoms with van der Waals surface area (Å²) in [6.07, 6.45) is 2.12. The maximum Gasteiger partial charge on any atom is 0.256 e. The summed E-state index contributed by atoms with van der Waals surface area (Å²) in [7, 11) is 0. The number of carbonyl (C=O) groups is 1. The Hall–Kier alpha value is -1.81. The first-order valence-electron chi connectivity index (χ1n) is 6.99. The average molecular weight is 348 g/mol. The molecule has 0 aliphatic heterocycles. The summed E-state index contributed by atoms with van der Waals surface area (Å²) >= 11 is 3.38. The lowest BCUT2D eigenvalue weighted by Gasteiger charge is -2.09. The van der Waals surface area contributed by atoms with Crippen molar-refractivity contribution in [3.63, 3.8) is 0 Å². The number of halogens is 1. The molecule has 110 valence electrons. The Morgan fingerprint density at radius 1 is 1.19 bits per heavy atom. The highest BCUT2D eigenvalue weighted by atomic mass is 79.9. The van der Waals surface area contributed by atoms with Crippen molar-refractivity contribution >= 4 is 27.5 Å². The summed E-state index contributed by atoms with van der Waals surface area (Å²) in [5.74, 6) is 0.626. The van der Waals surface area contributed by atoms with Crippen molar-refractivity contribution in [2.75, 3.05) is 11.9 Å². The first-order chi connectivity index (χ1) is 10.2. The number of rotatable bonds is 6. The molecular formula is C17H18BrNO2. The number of hydrogen-bond acceptors (Lipinski definition) is 2. The molecule has 1 N–H and O–H groups in total. The standard InChI is InChI=1S/C17H18BrNO2/c1-2-3-11-21-14-8-6-7-13(12-14)19-17(20)15-9-4-5-10-16(15)18/h4-10,12H,2-3,11H2,1H3,(H,19,20). The van der Waals surface area contributed by atoms with Gasteiger partial charge in [-0.1, -0.05) is 31.5 Å². The van der Waals surface area contributed by atoms with Gasteiger partial charge in [-0.3, -0.25) is 4.79 Å². The number of benzene rings is 2. The lowest BCUT2D eigenvalue weighted by atomic mass is 10.2. The first-order valence-corrected chi connectivity index (χ1v) is 7.78. The Labute approximate surface area is 133 Å². The molecule has 0 saturated heterocycles. The molecule has 4 heteroatoms. The van der Waals surface area contributed by atoms with E-state index >= 15 is 0 Å². The minimum Gasteiger partial charge on any atom is -0.494 e. The first kappa shape index (κ1) is 15.6. The van der Waals surface area contributed by atoms with Crippen LogP contribution in [0.5, 0.6) is 5.75 Å². The van der Waals surface area contributed by atoms with Gasteiger partial charge in [0.25, 0.3) is 5.91 Å². The van der Waals surface area contributed by atoms with E-state index in [0.717, 1.165) is 28.8 Å². The molecule has 21 heavy (non-hydrogen) atoms. The SMILES string of the molecule is CCCCOc1cccc(NC(=O)c2ccccc2Br)c1. The van der Waals surface area contributed by atoms with Gasteiger partial charge in [0.15, 0.2) is 0 Å². The van der Waals surface area contributed by atoms with Crippen molar-refractivity contribution in [2.24, 2.45) is 0 Å². The topological polar surface area (TPSA) is 38.3 Å². The lowest BCUT2D eigenvalue weighted by Crippen LogP contribution is -2.12. The van der Waals surface area contributed by atoms with E-state index in [9.17, 15) is 4.79 Å². The van der Waals surface area contributed by atoms with Crippen LogP contribution < -0.4 is 10.1 Å². The van der Waals surface area contributed by atoms with Gasteiger partial charge in [0.2, 0.25) is 0 Å². The second-order valence-corrected chi connectivity index (χ2v) is 5.52. The molecule has 2 aromatic rings. The molecule has 0 aromatic heterocycles. The zero-order chi connectivity index (χ0) is 15.1. The van der Waals surface area contributed by atoms with Crippen LogP contribution in [-0.2, 0) is 0 Å². The Balaban J connectivity index is 2.04. The largest absolute Gasteiger partial charge is 0.494 e. The van der Waals surface area contributed by atoms with Crippen molar-refractivity contribution in [2.45, 2.75) is 19.8 Å². The van der Waals surface area contributed by atoms with Gasteiger partial charge in [-0.15, -0.1) is 0 Å². The third kappa shape index (κ3) is 4.60. The molecule has 0 radical (unpaired) electrons. The summed E-state index contributed by atoms with van der Waals surface area (Å²) < 4.78 is 6.41. The number of hydrogen-bond donors (Lipinski definition) is 1. The maximum absolute atomic E-state index is 12.2. The van der Waals surface area contributed by atoms with Gasteiger partial charge in [-0.25, -0.2) is 0 Å². The molecule has 0 saturated carbocycles. The molecule has 3 nitrogen and oxygen atoms in total. The van der Waals surface area contributed by atoms with Crippen LogP contribution in [0.1, 0.15) is 30.1 Å². The molecular weight excluding hydrogens is 330 g/mol. The molecule has 0 unspecified atom stereocenters. The van der Waals surface area contributed by atoms with Crippen molar-refractivity contribution in [1.82, 2.24) is 0 Å². The second-order valence-electron chi connectivity index (χ2n) is 4.66. The van der Waals surface area contributed by atoms with E-state index in [1.807, 2.05) is 42.5 Å². The molecule has 0 bridgehead atoms. The van der Waals surface area contributed by atoms with Crippen LogP contribution in [0.4, 0.5) is 5.69 Å². The van der Waals surface area contributed by atoms with E-state index in [2.05, 4.69) is 28.2 Å². The highest BCUT2D eigenvalue weighted by molar-refractivity contribution is 9.10. The Morgan fingerprint density at radius 3 is 2.76 bits per heavy atom. The van der Waals surface area contributed by atoms with E-state index < -0.39 is 0 Å². The number of carbonyl (C=O) groups excluding carboxylic acids is 1. The van der Waals surface area contributed by atoms with E-state index in [0.29, 0.717) is 12.2 Å². The summed E-state index contributed by atoms with van der Waals surface area (Å²) in [6, 6.07) is 14.8. The quantitative estimate of drug-likeness (QED) is 0.756.